The van der Waals surface area contributed by atoms with Gasteiger partial charge in [-0.2, -0.15) is 0 Å². The van der Waals surface area contributed by atoms with Gasteiger partial charge in [0.05, 0.1) is 18.7 Å². The number of fused-ring (bicyclic) bond motifs is 1. The summed E-state index contributed by atoms with van der Waals surface area (Å²) >= 11 is 0. The highest BCUT2D eigenvalue weighted by Crippen LogP contribution is 2.36. The van der Waals surface area contributed by atoms with Crippen molar-refractivity contribution in [2.45, 2.75) is 32.1 Å². The Balaban J connectivity index is 1.43. The van der Waals surface area contributed by atoms with Gasteiger partial charge >= 0.3 is 5.97 Å². The van der Waals surface area contributed by atoms with E-state index in [0.717, 1.165) is 18.4 Å². The number of nitrogens with zero attached hydrogens (tertiary/aromatic N) is 1. The Labute approximate surface area is 191 Å². The van der Waals surface area contributed by atoms with Gasteiger partial charge in [0.15, 0.2) is 6.61 Å². The van der Waals surface area contributed by atoms with Crippen LogP contribution in [0.2, 0.25) is 0 Å². The van der Waals surface area contributed by atoms with Gasteiger partial charge in [-0.25, -0.2) is 4.39 Å². The van der Waals surface area contributed by atoms with E-state index in [1.54, 1.807) is 42.2 Å². The van der Waals surface area contributed by atoms with E-state index in [4.69, 9.17) is 9.47 Å². The van der Waals surface area contributed by atoms with Gasteiger partial charge in [-0.15, -0.1) is 0 Å². The maximum atomic E-state index is 13.4. The second kappa shape index (κ2) is 10.0. The third-order valence-corrected chi connectivity index (χ3v) is 6.25. The molecule has 0 aromatic heterocycles. The van der Waals surface area contributed by atoms with Crippen molar-refractivity contribution in [3.05, 3.63) is 59.4 Å². The molecule has 2 heterocycles. The zero-order chi connectivity index (χ0) is 23.4. The number of nitrogens with one attached hydrogen (secondary N) is 1. The number of carbonyl (C=O) groups is 3. The molecule has 2 aromatic carbocycles. The van der Waals surface area contributed by atoms with Crippen molar-refractivity contribution in [2.24, 2.45) is 5.92 Å². The van der Waals surface area contributed by atoms with Crippen molar-refractivity contribution in [1.29, 1.82) is 0 Å². The summed E-state index contributed by atoms with van der Waals surface area (Å²) in [5, 5.41) is 2.72. The number of rotatable bonds is 6. The summed E-state index contributed by atoms with van der Waals surface area (Å²) in [5.41, 5.74) is 1.97. The minimum Gasteiger partial charge on any atom is -0.482 e. The van der Waals surface area contributed by atoms with E-state index in [-0.39, 0.29) is 48.5 Å². The molecule has 0 radical (unpaired) electrons. The van der Waals surface area contributed by atoms with Gasteiger partial charge in [-0.3, -0.25) is 14.4 Å². The van der Waals surface area contributed by atoms with Gasteiger partial charge in [0.2, 0.25) is 0 Å². The van der Waals surface area contributed by atoms with Gasteiger partial charge < -0.3 is 19.7 Å². The van der Waals surface area contributed by atoms with Crippen molar-refractivity contribution in [2.75, 3.05) is 31.6 Å². The van der Waals surface area contributed by atoms with Crippen molar-refractivity contribution < 1.29 is 28.2 Å². The van der Waals surface area contributed by atoms with E-state index in [9.17, 15) is 18.8 Å². The summed E-state index contributed by atoms with van der Waals surface area (Å²) < 4.78 is 24.0. The SMILES string of the molecule is CCOC(=O)C[C@H](c1ccc(F)cc1)C1CCN(C(=O)c2ccc3c(c2)OCC(=O)N3)CC1. The van der Waals surface area contributed by atoms with Gasteiger partial charge in [0.25, 0.3) is 11.8 Å². The number of esters is 1. The minimum atomic E-state index is -0.317. The quantitative estimate of drug-likeness (QED) is 0.672. The number of piperidine rings is 1. The first-order valence-electron chi connectivity index (χ1n) is 11.2. The number of benzene rings is 2. The predicted molar refractivity (Wildman–Crippen MR) is 120 cm³/mol. The lowest BCUT2D eigenvalue weighted by atomic mass is 9.78. The summed E-state index contributed by atoms with van der Waals surface area (Å²) in [7, 11) is 0. The fourth-order valence-corrected chi connectivity index (χ4v) is 4.56. The Bertz CT molecular complexity index is 1030. The molecule has 0 saturated carbocycles. The summed E-state index contributed by atoms with van der Waals surface area (Å²) in [6.07, 6.45) is 1.68. The molecule has 7 nitrogen and oxygen atoms in total. The van der Waals surface area contributed by atoms with Crippen LogP contribution in [-0.2, 0) is 14.3 Å². The van der Waals surface area contributed by atoms with Crippen molar-refractivity contribution in [3.8, 4) is 5.75 Å². The molecule has 0 aliphatic carbocycles. The molecule has 0 bridgehead atoms. The van der Waals surface area contributed by atoms with Gasteiger partial charge in [-0.1, -0.05) is 12.1 Å². The molecule has 1 saturated heterocycles. The van der Waals surface area contributed by atoms with Crippen LogP contribution in [0.15, 0.2) is 42.5 Å². The standard InChI is InChI=1S/C25H27FN2O5/c1-2-32-24(30)14-20(16-3-6-19(26)7-4-16)17-9-11-28(12-10-17)25(31)18-5-8-21-22(13-18)33-15-23(29)27-21/h3-8,13,17,20H,2,9-12,14-15H2,1H3,(H,27,29)/t20-/m1/s1. The van der Waals surface area contributed by atoms with Crippen LogP contribution in [0.1, 0.15) is 48.0 Å². The van der Waals surface area contributed by atoms with Gasteiger partial charge in [0, 0.05) is 18.7 Å². The maximum Gasteiger partial charge on any atom is 0.306 e. The average molecular weight is 454 g/mol. The molecule has 1 atom stereocenters. The Kier molecular flexibility index (Phi) is 6.91. The fraction of sp³-hybridized carbons (Fsp3) is 0.400. The molecule has 2 aromatic rings. The number of hydrogen-bond acceptors (Lipinski definition) is 5. The summed E-state index contributed by atoms with van der Waals surface area (Å²) in [6.45, 7) is 3.13. The molecule has 1 N–H and O–H groups in total. The molecule has 1 fully saturated rings. The normalized spacial score (nSPS) is 16.9. The Hall–Kier alpha value is -3.42. The maximum absolute atomic E-state index is 13.4. The second-order valence-electron chi connectivity index (χ2n) is 8.34. The molecule has 0 spiro atoms. The van der Waals surface area contributed by atoms with Crippen molar-refractivity contribution in [1.82, 2.24) is 4.90 Å². The van der Waals surface area contributed by atoms with E-state index in [2.05, 4.69) is 5.32 Å². The molecule has 2 aliphatic heterocycles. The first-order chi connectivity index (χ1) is 15.9. The monoisotopic (exact) mass is 454 g/mol. The van der Waals surface area contributed by atoms with E-state index >= 15 is 0 Å². The van der Waals surface area contributed by atoms with Crippen LogP contribution in [0.5, 0.6) is 5.75 Å². The molecule has 4 rings (SSSR count). The number of likely N-dealkylation sites (tertiary alicyclic amines) is 1. The van der Waals surface area contributed by atoms with Gasteiger partial charge in [-0.05, 0) is 67.5 Å². The van der Waals surface area contributed by atoms with E-state index in [0.29, 0.717) is 36.7 Å². The molecule has 2 amide bonds. The van der Waals surface area contributed by atoms with Crippen LogP contribution in [0.3, 0.4) is 0 Å². The lowest BCUT2D eigenvalue weighted by Crippen LogP contribution is -2.40. The number of carbonyl (C=O) groups excluding carboxylic acids is 3. The minimum absolute atomic E-state index is 0.0682. The topological polar surface area (TPSA) is 84.9 Å². The number of amides is 2. The molecule has 2 aliphatic rings. The largest absolute Gasteiger partial charge is 0.482 e. The average Bonchev–Trinajstić information content (AvgIpc) is 2.83. The van der Waals surface area contributed by atoms with Gasteiger partial charge in [0.1, 0.15) is 11.6 Å². The Morgan fingerprint density at radius 2 is 1.91 bits per heavy atom. The van der Waals surface area contributed by atoms with Crippen LogP contribution in [0.4, 0.5) is 10.1 Å². The van der Waals surface area contributed by atoms with Crippen molar-refractivity contribution in [3.63, 3.8) is 0 Å². The fourth-order valence-electron chi connectivity index (χ4n) is 4.56. The van der Waals surface area contributed by atoms with E-state index < -0.39 is 0 Å². The highest BCUT2D eigenvalue weighted by molar-refractivity contribution is 5.99. The lowest BCUT2D eigenvalue weighted by molar-refractivity contribution is -0.144. The van der Waals surface area contributed by atoms with Crippen LogP contribution in [0, 0.1) is 11.7 Å². The lowest BCUT2D eigenvalue weighted by Gasteiger charge is -2.36. The first kappa shape index (κ1) is 22.8. The third-order valence-electron chi connectivity index (χ3n) is 6.25. The van der Waals surface area contributed by atoms with E-state index in [1.165, 1.54) is 12.1 Å². The summed E-state index contributed by atoms with van der Waals surface area (Å²) in [6, 6.07) is 11.3. The number of anilines is 1. The zero-order valence-corrected chi connectivity index (χ0v) is 18.5. The van der Waals surface area contributed by atoms with Crippen LogP contribution < -0.4 is 10.1 Å². The molecule has 174 valence electrons. The van der Waals surface area contributed by atoms with Crippen LogP contribution in [-0.4, -0.2) is 49.0 Å². The zero-order valence-electron chi connectivity index (χ0n) is 18.5. The predicted octanol–water partition coefficient (Wildman–Crippen LogP) is 3.75. The molecule has 8 heteroatoms. The number of ether oxygens (including phenoxy) is 2. The summed E-state index contributed by atoms with van der Waals surface area (Å²) in [5.74, 6) is -0.341. The smallest absolute Gasteiger partial charge is 0.306 e. The van der Waals surface area contributed by atoms with Crippen LogP contribution >= 0.6 is 0 Å². The molecular formula is C25H27FN2O5. The number of hydrogen-bond donors (Lipinski definition) is 1. The molecule has 33 heavy (non-hydrogen) atoms. The highest BCUT2D eigenvalue weighted by atomic mass is 19.1. The highest BCUT2D eigenvalue weighted by Gasteiger charge is 2.32. The van der Waals surface area contributed by atoms with Crippen molar-refractivity contribution >= 4 is 23.5 Å². The van der Waals surface area contributed by atoms with Crippen LogP contribution in [0.25, 0.3) is 0 Å². The third kappa shape index (κ3) is 5.32. The molecule has 0 unspecified atom stereocenters. The Morgan fingerprint density at radius 3 is 2.61 bits per heavy atom. The van der Waals surface area contributed by atoms with E-state index in [1.807, 2.05) is 0 Å². The summed E-state index contributed by atoms with van der Waals surface area (Å²) in [4.78, 5) is 38.5. The number of halogens is 1. The first-order valence-corrected chi connectivity index (χ1v) is 11.2. The Morgan fingerprint density at radius 1 is 1.18 bits per heavy atom. The second-order valence-corrected chi connectivity index (χ2v) is 8.34. The molecular weight excluding hydrogens is 427 g/mol.